The molecule has 1 heterocycles. The van der Waals surface area contributed by atoms with Crippen molar-refractivity contribution in [3.63, 3.8) is 0 Å². The van der Waals surface area contributed by atoms with Gasteiger partial charge in [0.15, 0.2) is 0 Å². The van der Waals surface area contributed by atoms with E-state index in [4.69, 9.17) is 5.73 Å². The van der Waals surface area contributed by atoms with Gasteiger partial charge in [-0.1, -0.05) is 6.92 Å². The third kappa shape index (κ3) is 2.96. The molecule has 0 saturated carbocycles. The van der Waals surface area contributed by atoms with Crippen molar-refractivity contribution in [2.75, 3.05) is 13.1 Å². The van der Waals surface area contributed by atoms with Crippen molar-refractivity contribution < 1.29 is 0 Å². The maximum atomic E-state index is 6.13. The Morgan fingerprint density at radius 3 is 2.57 bits per heavy atom. The second-order valence-corrected chi connectivity index (χ2v) is 5.59. The molecule has 1 rings (SSSR count). The van der Waals surface area contributed by atoms with Gasteiger partial charge < -0.3 is 5.73 Å². The van der Waals surface area contributed by atoms with Gasteiger partial charge in [-0.05, 0) is 52.5 Å². The quantitative estimate of drug-likeness (QED) is 0.737. The summed E-state index contributed by atoms with van der Waals surface area (Å²) in [7, 11) is 0. The highest BCUT2D eigenvalue weighted by atomic mass is 15.2. The van der Waals surface area contributed by atoms with Crippen LogP contribution in [0, 0.1) is 5.92 Å². The van der Waals surface area contributed by atoms with E-state index in [9.17, 15) is 0 Å². The van der Waals surface area contributed by atoms with E-state index in [1.165, 1.54) is 25.9 Å². The summed E-state index contributed by atoms with van der Waals surface area (Å²) in [5.41, 5.74) is 6.44. The predicted octanol–water partition coefficient (Wildman–Crippen LogP) is 2.23. The molecule has 1 saturated heterocycles. The Kier molecular flexibility index (Phi) is 3.96. The van der Waals surface area contributed by atoms with Crippen LogP contribution in [0.1, 0.15) is 47.0 Å². The van der Waals surface area contributed by atoms with Crippen LogP contribution in [0.25, 0.3) is 0 Å². The summed E-state index contributed by atoms with van der Waals surface area (Å²) in [6.07, 6.45) is 3.75. The van der Waals surface area contributed by atoms with E-state index in [0.717, 1.165) is 6.42 Å². The summed E-state index contributed by atoms with van der Waals surface area (Å²) in [5, 5.41) is 0. The zero-order valence-electron chi connectivity index (χ0n) is 10.2. The second kappa shape index (κ2) is 4.63. The number of nitrogens with zero attached hydrogens (tertiary/aromatic N) is 1. The summed E-state index contributed by atoms with van der Waals surface area (Å²) >= 11 is 0. The molecule has 84 valence electrons. The lowest BCUT2D eigenvalue weighted by atomic mass is 9.87. The Labute approximate surface area is 88.8 Å². The summed E-state index contributed by atoms with van der Waals surface area (Å²) < 4.78 is 0. The van der Waals surface area contributed by atoms with Crippen molar-refractivity contribution in [3.8, 4) is 0 Å². The standard InChI is InChI=1S/C12H26N2/c1-5-11(13)10-7-6-8-14(9-10)12(2,3)4/h10-11H,5-9,13H2,1-4H3. The highest BCUT2D eigenvalue weighted by Crippen LogP contribution is 2.25. The van der Waals surface area contributed by atoms with Crippen molar-refractivity contribution >= 4 is 0 Å². The maximum absolute atomic E-state index is 6.13. The van der Waals surface area contributed by atoms with Gasteiger partial charge in [0, 0.05) is 18.1 Å². The summed E-state index contributed by atoms with van der Waals surface area (Å²) in [6.45, 7) is 11.5. The van der Waals surface area contributed by atoms with E-state index in [2.05, 4.69) is 32.6 Å². The van der Waals surface area contributed by atoms with Gasteiger partial charge in [-0.3, -0.25) is 4.90 Å². The van der Waals surface area contributed by atoms with Crippen LogP contribution in [0.2, 0.25) is 0 Å². The van der Waals surface area contributed by atoms with Crippen molar-refractivity contribution in [2.45, 2.75) is 58.5 Å². The van der Waals surface area contributed by atoms with E-state index >= 15 is 0 Å². The van der Waals surface area contributed by atoms with E-state index in [1.54, 1.807) is 0 Å². The van der Waals surface area contributed by atoms with Gasteiger partial charge in [0.25, 0.3) is 0 Å². The molecule has 1 fully saturated rings. The number of hydrogen-bond donors (Lipinski definition) is 1. The minimum atomic E-state index is 0.312. The van der Waals surface area contributed by atoms with Gasteiger partial charge in [0.2, 0.25) is 0 Å². The normalized spacial score (nSPS) is 27.6. The van der Waals surface area contributed by atoms with Crippen molar-refractivity contribution in [1.82, 2.24) is 4.90 Å². The molecular weight excluding hydrogens is 172 g/mol. The van der Waals surface area contributed by atoms with Crippen LogP contribution < -0.4 is 5.73 Å². The van der Waals surface area contributed by atoms with Crippen LogP contribution in [0.15, 0.2) is 0 Å². The first kappa shape index (κ1) is 12.0. The number of nitrogens with two attached hydrogens (primary N) is 1. The number of hydrogen-bond acceptors (Lipinski definition) is 2. The largest absolute Gasteiger partial charge is 0.327 e. The van der Waals surface area contributed by atoms with Crippen LogP contribution in [0.3, 0.4) is 0 Å². The van der Waals surface area contributed by atoms with Crippen LogP contribution in [0.4, 0.5) is 0 Å². The van der Waals surface area contributed by atoms with Gasteiger partial charge in [-0.25, -0.2) is 0 Å². The van der Waals surface area contributed by atoms with Gasteiger partial charge in [-0.15, -0.1) is 0 Å². The van der Waals surface area contributed by atoms with Crippen LogP contribution in [-0.2, 0) is 0 Å². The maximum Gasteiger partial charge on any atom is 0.0125 e. The Morgan fingerprint density at radius 2 is 2.07 bits per heavy atom. The van der Waals surface area contributed by atoms with Crippen LogP contribution >= 0.6 is 0 Å². The van der Waals surface area contributed by atoms with Gasteiger partial charge in [-0.2, -0.15) is 0 Å². The first-order valence-corrected chi connectivity index (χ1v) is 5.95. The number of rotatable bonds is 2. The average Bonchev–Trinajstić information content (AvgIpc) is 2.15. The minimum absolute atomic E-state index is 0.312. The van der Waals surface area contributed by atoms with E-state index in [-0.39, 0.29) is 0 Å². The summed E-state index contributed by atoms with van der Waals surface area (Å²) in [5.74, 6) is 0.716. The highest BCUT2D eigenvalue weighted by molar-refractivity contribution is 4.85. The molecule has 0 aliphatic carbocycles. The lowest BCUT2D eigenvalue weighted by Gasteiger charge is -2.43. The molecule has 0 aromatic carbocycles. The number of likely N-dealkylation sites (tertiary alicyclic amines) is 1. The summed E-state index contributed by atoms with van der Waals surface area (Å²) in [6, 6.07) is 0.403. The summed E-state index contributed by atoms with van der Waals surface area (Å²) in [4.78, 5) is 2.58. The van der Waals surface area contributed by atoms with Crippen molar-refractivity contribution in [3.05, 3.63) is 0 Å². The molecule has 2 nitrogen and oxygen atoms in total. The van der Waals surface area contributed by atoms with Crippen molar-refractivity contribution in [1.29, 1.82) is 0 Å². The minimum Gasteiger partial charge on any atom is -0.327 e. The Balaban J connectivity index is 2.52. The molecule has 14 heavy (non-hydrogen) atoms. The molecule has 1 aliphatic rings. The van der Waals surface area contributed by atoms with E-state index < -0.39 is 0 Å². The zero-order chi connectivity index (χ0) is 10.8. The third-order valence-electron chi connectivity index (χ3n) is 3.48. The molecular formula is C12H26N2. The molecule has 0 radical (unpaired) electrons. The molecule has 0 aromatic rings. The Morgan fingerprint density at radius 1 is 1.43 bits per heavy atom. The average molecular weight is 198 g/mol. The topological polar surface area (TPSA) is 29.3 Å². The second-order valence-electron chi connectivity index (χ2n) is 5.59. The van der Waals surface area contributed by atoms with Crippen LogP contribution in [0.5, 0.6) is 0 Å². The molecule has 1 aliphatic heterocycles. The molecule has 0 spiro atoms. The fourth-order valence-electron chi connectivity index (χ4n) is 2.30. The molecule has 2 atom stereocenters. The fraction of sp³-hybridized carbons (Fsp3) is 1.00. The molecule has 2 heteroatoms. The van der Waals surface area contributed by atoms with Gasteiger partial charge in [0.1, 0.15) is 0 Å². The Bertz CT molecular complexity index is 172. The Hall–Kier alpha value is -0.0800. The molecule has 2 N–H and O–H groups in total. The van der Waals surface area contributed by atoms with E-state index in [1.807, 2.05) is 0 Å². The first-order chi connectivity index (χ1) is 6.45. The molecule has 0 aromatic heterocycles. The SMILES string of the molecule is CCC(N)C1CCCN(C(C)(C)C)C1. The molecule has 2 unspecified atom stereocenters. The lowest BCUT2D eigenvalue weighted by molar-refractivity contribution is 0.0701. The fourth-order valence-corrected chi connectivity index (χ4v) is 2.30. The lowest BCUT2D eigenvalue weighted by Crippen LogP contribution is -2.50. The van der Waals surface area contributed by atoms with E-state index in [0.29, 0.717) is 17.5 Å². The highest BCUT2D eigenvalue weighted by Gasteiger charge is 2.29. The molecule has 0 bridgehead atoms. The molecule has 0 amide bonds. The van der Waals surface area contributed by atoms with Gasteiger partial charge >= 0.3 is 0 Å². The number of piperidine rings is 1. The predicted molar refractivity (Wildman–Crippen MR) is 62.3 cm³/mol. The smallest absolute Gasteiger partial charge is 0.0125 e. The first-order valence-electron chi connectivity index (χ1n) is 5.95. The van der Waals surface area contributed by atoms with Crippen molar-refractivity contribution in [2.24, 2.45) is 11.7 Å². The monoisotopic (exact) mass is 198 g/mol. The van der Waals surface area contributed by atoms with Crippen LogP contribution in [-0.4, -0.2) is 29.6 Å². The zero-order valence-corrected chi connectivity index (χ0v) is 10.2. The third-order valence-corrected chi connectivity index (χ3v) is 3.48. The van der Waals surface area contributed by atoms with Gasteiger partial charge in [0.05, 0.1) is 0 Å².